The summed E-state index contributed by atoms with van der Waals surface area (Å²) in [5.74, 6) is 0. The van der Waals surface area contributed by atoms with Gasteiger partial charge < -0.3 is 10.6 Å². The van der Waals surface area contributed by atoms with Crippen LogP contribution in [0.25, 0.3) is 0 Å². The van der Waals surface area contributed by atoms with Gasteiger partial charge in [0.05, 0.1) is 0 Å². The number of carbonyl (C=O) groups is 1. The summed E-state index contributed by atoms with van der Waals surface area (Å²) in [7, 11) is 0. The Morgan fingerprint density at radius 1 is 0.812 bits per heavy atom. The molecule has 16 heavy (non-hydrogen) atoms. The lowest BCUT2D eigenvalue weighted by Gasteiger charge is -2.04. The average molecular weight is 228 g/mol. The van der Waals surface area contributed by atoms with E-state index in [1.165, 1.54) is 51.5 Å². The zero-order valence-corrected chi connectivity index (χ0v) is 10.8. The van der Waals surface area contributed by atoms with Gasteiger partial charge in [0, 0.05) is 6.54 Å². The predicted molar refractivity (Wildman–Crippen MR) is 69.5 cm³/mol. The summed E-state index contributed by atoms with van der Waals surface area (Å²) in [5, 5.41) is 6.16. The number of amides is 1. The molecule has 0 rings (SSSR count). The monoisotopic (exact) mass is 228 g/mol. The molecule has 0 aliphatic carbocycles. The lowest BCUT2D eigenvalue weighted by molar-refractivity contribution is -0.109. The second-order valence-electron chi connectivity index (χ2n) is 4.30. The van der Waals surface area contributed by atoms with Crippen LogP contribution in [0.15, 0.2) is 0 Å². The summed E-state index contributed by atoms with van der Waals surface area (Å²) >= 11 is 0. The van der Waals surface area contributed by atoms with Crippen LogP contribution in [-0.4, -0.2) is 26.0 Å². The van der Waals surface area contributed by atoms with Gasteiger partial charge in [-0.3, -0.25) is 4.79 Å². The molecule has 3 nitrogen and oxygen atoms in total. The maximum atomic E-state index is 9.97. The summed E-state index contributed by atoms with van der Waals surface area (Å²) < 4.78 is 0. The summed E-state index contributed by atoms with van der Waals surface area (Å²) in [6.07, 6.45) is 11.0. The van der Waals surface area contributed by atoms with Gasteiger partial charge in [-0.25, -0.2) is 0 Å². The van der Waals surface area contributed by atoms with Crippen LogP contribution < -0.4 is 10.6 Å². The Morgan fingerprint density at radius 3 is 1.94 bits per heavy atom. The molecule has 0 unspecified atom stereocenters. The van der Waals surface area contributed by atoms with Gasteiger partial charge in [-0.1, -0.05) is 39.0 Å². The van der Waals surface area contributed by atoms with Crippen LogP contribution in [0.2, 0.25) is 0 Å². The highest BCUT2D eigenvalue weighted by Crippen LogP contribution is 1.99. The fourth-order valence-corrected chi connectivity index (χ4v) is 1.69. The fraction of sp³-hybridized carbons (Fsp3) is 0.923. The van der Waals surface area contributed by atoms with Gasteiger partial charge in [-0.15, -0.1) is 0 Å². The van der Waals surface area contributed by atoms with Crippen molar-refractivity contribution in [3.63, 3.8) is 0 Å². The van der Waals surface area contributed by atoms with Crippen molar-refractivity contribution in [1.82, 2.24) is 10.6 Å². The third-order valence-electron chi connectivity index (χ3n) is 2.72. The standard InChI is InChI=1S/C13H28N2O/c1-2-3-4-7-10-14-11-8-5-6-9-12-15-13-16/h13-14H,2-12H2,1H3,(H,15,16). The van der Waals surface area contributed by atoms with Crippen molar-refractivity contribution in [3.8, 4) is 0 Å². The number of hydrogen-bond acceptors (Lipinski definition) is 2. The molecular formula is C13H28N2O. The van der Waals surface area contributed by atoms with Gasteiger partial charge in [0.15, 0.2) is 0 Å². The molecule has 0 aromatic heterocycles. The first-order valence-electron chi connectivity index (χ1n) is 6.79. The molecule has 0 aliphatic heterocycles. The van der Waals surface area contributed by atoms with E-state index in [4.69, 9.17) is 0 Å². The Balaban J connectivity index is 2.85. The van der Waals surface area contributed by atoms with E-state index >= 15 is 0 Å². The van der Waals surface area contributed by atoms with Gasteiger partial charge in [-0.2, -0.15) is 0 Å². The van der Waals surface area contributed by atoms with Crippen LogP contribution >= 0.6 is 0 Å². The Labute approximate surface area is 100 Å². The maximum absolute atomic E-state index is 9.97. The van der Waals surface area contributed by atoms with Crippen molar-refractivity contribution in [3.05, 3.63) is 0 Å². The van der Waals surface area contributed by atoms with Crippen LogP contribution in [0, 0.1) is 0 Å². The van der Waals surface area contributed by atoms with Gasteiger partial charge in [0.2, 0.25) is 6.41 Å². The zero-order valence-electron chi connectivity index (χ0n) is 10.8. The summed E-state index contributed by atoms with van der Waals surface area (Å²) in [6, 6.07) is 0. The Hall–Kier alpha value is -0.570. The van der Waals surface area contributed by atoms with Gasteiger partial charge >= 0.3 is 0 Å². The van der Waals surface area contributed by atoms with Crippen LogP contribution in [-0.2, 0) is 4.79 Å². The van der Waals surface area contributed by atoms with E-state index in [2.05, 4.69) is 17.6 Å². The molecule has 0 saturated heterocycles. The topological polar surface area (TPSA) is 41.1 Å². The van der Waals surface area contributed by atoms with Crippen molar-refractivity contribution < 1.29 is 4.79 Å². The summed E-state index contributed by atoms with van der Waals surface area (Å²) in [4.78, 5) is 9.97. The maximum Gasteiger partial charge on any atom is 0.207 e. The minimum absolute atomic E-state index is 0.776. The Kier molecular flexibility index (Phi) is 13.9. The van der Waals surface area contributed by atoms with Crippen molar-refractivity contribution in [1.29, 1.82) is 0 Å². The minimum atomic E-state index is 0.776. The molecule has 0 saturated carbocycles. The van der Waals surface area contributed by atoms with Crippen LogP contribution in [0.4, 0.5) is 0 Å². The molecule has 0 radical (unpaired) electrons. The van der Waals surface area contributed by atoms with E-state index in [0.717, 1.165) is 25.9 Å². The highest BCUT2D eigenvalue weighted by molar-refractivity contribution is 5.45. The molecule has 0 atom stereocenters. The molecule has 3 heteroatoms. The van der Waals surface area contributed by atoms with E-state index in [9.17, 15) is 4.79 Å². The third-order valence-corrected chi connectivity index (χ3v) is 2.72. The summed E-state index contributed by atoms with van der Waals surface area (Å²) in [6.45, 7) is 5.39. The zero-order chi connectivity index (χ0) is 11.9. The van der Waals surface area contributed by atoms with Crippen molar-refractivity contribution in [2.45, 2.75) is 58.3 Å². The second-order valence-corrected chi connectivity index (χ2v) is 4.30. The third kappa shape index (κ3) is 13.4. The number of carbonyl (C=O) groups excluding carboxylic acids is 1. The first-order chi connectivity index (χ1) is 7.91. The molecular weight excluding hydrogens is 200 g/mol. The minimum Gasteiger partial charge on any atom is -0.359 e. The quantitative estimate of drug-likeness (QED) is 0.375. The highest BCUT2D eigenvalue weighted by atomic mass is 16.1. The lowest BCUT2D eigenvalue weighted by Crippen LogP contribution is -2.16. The van der Waals surface area contributed by atoms with Crippen molar-refractivity contribution in [2.75, 3.05) is 19.6 Å². The molecule has 96 valence electrons. The Morgan fingerprint density at radius 2 is 1.38 bits per heavy atom. The van der Waals surface area contributed by atoms with Gasteiger partial charge in [-0.05, 0) is 32.4 Å². The van der Waals surface area contributed by atoms with Crippen LogP contribution in [0.1, 0.15) is 58.3 Å². The number of hydrogen-bond donors (Lipinski definition) is 2. The average Bonchev–Trinajstić information content (AvgIpc) is 2.31. The molecule has 0 fully saturated rings. The first-order valence-corrected chi connectivity index (χ1v) is 6.79. The molecule has 0 aromatic rings. The predicted octanol–water partition coefficient (Wildman–Crippen LogP) is 2.46. The van der Waals surface area contributed by atoms with E-state index < -0.39 is 0 Å². The van der Waals surface area contributed by atoms with Crippen molar-refractivity contribution >= 4 is 6.41 Å². The van der Waals surface area contributed by atoms with Crippen LogP contribution in [0.5, 0.6) is 0 Å². The molecule has 0 aromatic carbocycles. The normalized spacial score (nSPS) is 10.3. The van der Waals surface area contributed by atoms with Gasteiger partial charge in [0.1, 0.15) is 0 Å². The number of nitrogens with one attached hydrogen (secondary N) is 2. The van der Waals surface area contributed by atoms with E-state index in [-0.39, 0.29) is 0 Å². The highest BCUT2D eigenvalue weighted by Gasteiger charge is 1.91. The lowest BCUT2D eigenvalue weighted by atomic mass is 10.2. The molecule has 0 bridgehead atoms. The van der Waals surface area contributed by atoms with E-state index in [1.54, 1.807) is 0 Å². The first kappa shape index (κ1) is 15.4. The largest absolute Gasteiger partial charge is 0.359 e. The number of rotatable bonds is 13. The molecule has 0 aliphatic rings. The van der Waals surface area contributed by atoms with E-state index in [1.807, 2.05) is 0 Å². The number of unbranched alkanes of at least 4 members (excludes halogenated alkanes) is 6. The molecule has 1 amide bonds. The molecule has 2 N–H and O–H groups in total. The SMILES string of the molecule is CCCCCCNCCCCCCNC=O. The molecule has 0 heterocycles. The molecule has 0 spiro atoms. The second kappa shape index (κ2) is 14.4. The van der Waals surface area contributed by atoms with Crippen molar-refractivity contribution in [2.24, 2.45) is 0 Å². The Bertz CT molecular complexity index is 140. The smallest absolute Gasteiger partial charge is 0.207 e. The fourth-order valence-electron chi connectivity index (χ4n) is 1.69. The van der Waals surface area contributed by atoms with Gasteiger partial charge in [0.25, 0.3) is 0 Å². The summed E-state index contributed by atoms with van der Waals surface area (Å²) in [5.41, 5.74) is 0. The van der Waals surface area contributed by atoms with E-state index in [0.29, 0.717) is 0 Å². The van der Waals surface area contributed by atoms with Crippen LogP contribution in [0.3, 0.4) is 0 Å².